The van der Waals surface area contributed by atoms with Crippen molar-refractivity contribution >= 4 is 22.8 Å². The molecular weight excluding hydrogens is 344 g/mol. The first kappa shape index (κ1) is 18.3. The fourth-order valence-electron chi connectivity index (χ4n) is 2.86. The Bertz CT molecular complexity index is 1020. The number of hydrogen-bond donors (Lipinski definition) is 3. The minimum atomic E-state index is -0.502. The van der Waals surface area contributed by atoms with Crippen LogP contribution in [-0.2, 0) is 4.74 Å². The van der Waals surface area contributed by atoms with Crippen molar-refractivity contribution < 1.29 is 14.3 Å². The normalized spacial score (nSPS) is 10.6. The minimum Gasteiger partial charge on any atom is -0.467 e. The molecule has 1 amide bonds. The Kier molecular flexibility index (Phi) is 5.33. The lowest BCUT2D eigenvalue weighted by Gasteiger charge is -2.14. The Morgan fingerprint density at radius 1 is 1.22 bits per heavy atom. The van der Waals surface area contributed by atoms with Crippen LogP contribution >= 0.6 is 0 Å². The third-order valence-corrected chi connectivity index (χ3v) is 4.04. The molecule has 3 rings (SSSR count). The number of carbonyl (C=O) groups excluding carboxylic acids is 1. The van der Waals surface area contributed by atoms with Crippen LogP contribution in [0.4, 0.5) is 0 Å². The molecule has 27 heavy (non-hydrogen) atoms. The molecule has 0 aliphatic heterocycles. The molecule has 4 N–H and O–H groups in total. The van der Waals surface area contributed by atoms with Crippen LogP contribution in [0, 0.1) is 12.3 Å². The summed E-state index contributed by atoms with van der Waals surface area (Å²) in [5, 5.41) is 10.2. The Morgan fingerprint density at radius 3 is 2.70 bits per heavy atom. The Labute approximate surface area is 156 Å². The van der Waals surface area contributed by atoms with Crippen molar-refractivity contribution in [3.05, 3.63) is 59.7 Å². The molecule has 7 heteroatoms. The zero-order chi connectivity index (χ0) is 19.4. The molecule has 0 radical (unpaired) electrons. The van der Waals surface area contributed by atoms with Crippen molar-refractivity contribution in [3.63, 3.8) is 0 Å². The number of aromatic nitrogens is 1. The lowest BCUT2D eigenvalue weighted by molar-refractivity contribution is 0.0521. The largest absolute Gasteiger partial charge is 0.467 e. The zero-order valence-electron chi connectivity index (χ0n) is 15.1. The highest BCUT2D eigenvalue weighted by Crippen LogP contribution is 2.32. The molecule has 0 saturated heterocycles. The fourth-order valence-corrected chi connectivity index (χ4v) is 2.86. The van der Waals surface area contributed by atoms with Crippen LogP contribution in [0.3, 0.4) is 0 Å². The SMILES string of the molecule is COCOc1cccc2nc(-c3ccccc3C)cc(C(=O)NC(=N)N)c12. The highest BCUT2D eigenvalue weighted by molar-refractivity contribution is 6.13. The van der Waals surface area contributed by atoms with Gasteiger partial charge >= 0.3 is 0 Å². The van der Waals surface area contributed by atoms with Gasteiger partial charge in [0.2, 0.25) is 0 Å². The molecule has 0 fully saturated rings. The zero-order valence-corrected chi connectivity index (χ0v) is 15.1. The summed E-state index contributed by atoms with van der Waals surface area (Å²) in [6, 6.07) is 14.8. The molecule has 1 aromatic heterocycles. The number of nitrogens with two attached hydrogens (primary N) is 1. The molecule has 0 unspecified atom stereocenters. The van der Waals surface area contributed by atoms with Crippen molar-refractivity contribution in [2.45, 2.75) is 6.92 Å². The molecule has 1 heterocycles. The number of benzene rings is 2. The van der Waals surface area contributed by atoms with Gasteiger partial charge in [-0.25, -0.2) is 4.98 Å². The first-order chi connectivity index (χ1) is 13.0. The minimum absolute atomic E-state index is 0.0342. The van der Waals surface area contributed by atoms with Gasteiger partial charge in [-0.3, -0.25) is 15.5 Å². The van der Waals surface area contributed by atoms with Gasteiger partial charge in [0.05, 0.1) is 22.2 Å². The van der Waals surface area contributed by atoms with E-state index in [1.807, 2.05) is 31.2 Å². The number of amides is 1. The smallest absolute Gasteiger partial charge is 0.258 e. The topological polar surface area (TPSA) is 110 Å². The van der Waals surface area contributed by atoms with Crippen LogP contribution in [0.25, 0.3) is 22.2 Å². The number of hydrogen-bond acceptors (Lipinski definition) is 5. The van der Waals surface area contributed by atoms with E-state index in [-0.39, 0.29) is 6.79 Å². The van der Waals surface area contributed by atoms with Crippen molar-refractivity contribution in [2.75, 3.05) is 13.9 Å². The first-order valence-corrected chi connectivity index (χ1v) is 8.28. The van der Waals surface area contributed by atoms with E-state index in [0.717, 1.165) is 11.1 Å². The second kappa shape index (κ2) is 7.84. The van der Waals surface area contributed by atoms with E-state index in [2.05, 4.69) is 5.32 Å². The number of fused-ring (bicyclic) bond motifs is 1. The molecule has 0 saturated carbocycles. The summed E-state index contributed by atoms with van der Waals surface area (Å²) in [7, 11) is 1.52. The number of methoxy groups -OCH3 is 1. The molecule has 0 aliphatic rings. The van der Waals surface area contributed by atoms with Crippen LogP contribution < -0.4 is 15.8 Å². The highest BCUT2D eigenvalue weighted by Gasteiger charge is 2.18. The molecule has 2 aromatic carbocycles. The molecule has 0 atom stereocenters. The van der Waals surface area contributed by atoms with Crippen molar-refractivity contribution in [1.82, 2.24) is 10.3 Å². The second-order valence-corrected chi connectivity index (χ2v) is 5.94. The van der Waals surface area contributed by atoms with Gasteiger partial charge in [-0.1, -0.05) is 30.3 Å². The van der Waals surface area contributed by atoms with Crippen molar-refractivity contribution in [3.8, 4) is 17.0 Å². The summed E-state index contributed by atoms with van der Waals surface area (Å²) in [5.74, 6) is -0.470. The van der Waals surface area contributed by atoms with Gasteiger partial charge in [-0.05, 0) is 30.7 Å². The number of rotatable bonds is 5. The van der Waals surface area contributed by atoms with E-state index < -0.39 is 11.9 Å². The second-order valence-electron chi connectivity index (χ2n) is 5.94. The number of carbonyl (C=O) groups is 1. The van der Waals surface area contributed by atoms with Gasteiger partial charge in [0.25, 0.3) is 5.91 Å². The third kappa shape index (κ3) is 3.88. The molecule has 0 bridgehead atoms. The van der Waals surface area contributed by atoms with Gasteiger partial charge in [-0.15, -0.1) is 0 Å². The average molecular weight is 364 g/mol. The Balaban J connectivity index is 2.26. The maximum Gasteiger partial charge on any atom is 0.258 e. The van der Waals surface area contributed by atoms with E-state index in [9.17, 15) is 4.79 Å². The molecule has 3 aromatic rings. The standard InChI is InChI=1S/C20H20N4O3/c1-12-6-3-4-7-13(12)16-10-14(19(25)24-20(21)22)18-15(23-16)8-5-9-17(18)27-11-26-2/h3-10H,11H2,1-2H3,(H4,21,22,24,25). The fraction of sp³-hybridized carbons (Fsp3) is 0.150. The van der Waals surface area contributed by atoms with Crippen LogP contribution in [0.2, 0.25) is 0 Å². The van der Waals surface area contributed by atoms with E-state index >= 15 is 0 Å². The summed E-state index contributed by atoms with van der Waals surface area (Å²) < 4.78 is 10.6. The number of pyridine rings is 1. The summed E-state index contributed by atoms with van der Waals surface area (Å²) in [4.78, 5) is 17.4. The van der Waals surface area contributed by atoms with Gasteiger partial charge in [0.15, 0.2) is 12.8 Å². The third-order valence-electron chi connectivity index (χ3n) is 4.04. The van der Waals surface area contributed by atoms with Crippen molar-refractivity contribution in [2.24, 2.45) is 5.73 Å². The van der Waals surface area contributed by atoms with E-state index in [1.54, 1.807) is 24.3 Å². The summed E-state index contributed by atoms with van der Waals surface area (Å²) in [6.07, 6.45) is 0. The number of ether oxygens (including phenoxy) is 2. The lowest BCUT2D eigenvalue weighted by Crippen LogP contribution is -2.35. The van der Waals surface area contributed by atoms with Gasteiger partial charge in [0.1, 0.15) is 5.75 Å². The predicted octanol–water partition coefficient (Wildman–Crippen LogP) is 2.82. The van der Waals surface area contributed by atoms with E-state index in [4.69, 9.17) is 25.6 Å². The van der Waals surface area contributed by atoms with Gasteiger partial charge < -0.3 is 15.2 Å². The Hall–Kier alpha value is -3.45. The first-order valence-electron chi connectivity index (χ1n) is 8.28. The highest BCUT2D eigenvalue weighted by atomic mass is 16.7. The van der Waals surface area contributed by atoms with Crippen LogP contribution in [0.15, 0.2) is 48.5 Å². The number of nitrogens with zero attached hydrogens (tertiary/aromatic N) is 1. The van der Waals surface area contributed by atoms with Gasteiger partial charge in [0, 0.05) is 12.7 Å². The maximum atomic E-state index is 12.7. The number of guanidine groups is 1. The molecule has 138 valence electrons. The van der Waals surface area contributed by atoms with Crippen molar-refractivity contribution in [1.29, 1.82) is 5.41 Å². The molecule has 0 aliphatic carbocycles. The van der Waals surface area contributed by atoms with Crippen LogP contribution in [-0.4, -0.2) is 30.8 Å². The summed E-state index contributed by atoms with van der Waals surface area (Å²) in [5.41, 5.74) is 8.87. The van der Waals surface area contributed by atoms with Crippen LogP contribution in [0.1, 0.15) is 15.9 Å². The lowest BCUT2D eigenvalue weighted by atomic mass is 10.00. The number of aryl methyl sites for hydroxylation is 1. The molecule has 0 spiro atoms. The quantitative estimate of drug-likeness (QED) is 0.366. The van der Waals surface area contributed by atoms with Crippen LogP contribution in [0.5, 0.6) is 5.75 Å². The number of nitrogens with one attached hydrogen (secondary N) is 2. The summed E-state index contributed by atoms with van der Waals surface area (Å²) in [6.45, 7) is 2.01. The molecule has 7 nitrogen and oxygen atoms in total. The monoisotopic (exact) mass is 364 g/mol. The Morgan fingerprint density at radius 2 is 2.00 bits per heavy atom. The van der Waals surface area contributed by atoms with E-state index in [1.165, 1.54) is 7.11 Å². The average Bonchev–Trinajstić information content (AvgIpc) is 2.65. The molecular formula is C20H20N4O3. The van der Waals surface area contributed by atoms with Gasteiger partial charge in [-0.2, -0.15) is 0 Å². The summed E-state index contributed by atoms with van der Waals surface area (Å²) >= 11 is 0. The maximum absolute atomic E-state index is 12.7. The van der Waals surface area contributed by atoms with E-state index in [0.29, 0.717) is 27.9 Å². The predicted molar refractivity (Wildman–Crippen MR) is 104 cm³/mol.